The average molecular weight is 209 g/mol. The van der Waals surface area contributed by atoms with Gasteiger partial charge in [-0.05, 0) is 12.1 Å². The van der Waals surface area contributed by atoms with Crippen LogP contribution in [0, 0.1) is 0 Å². The summed E-state index contributed by atoms with van der Waals surface area (Å²) in [6.07, 6.45) is 0. The van der Waals surface area contributed by atoms with Crippen LogP contribution in [0.25, 0.3) is 0 Å². The molecule has 1 aliphatic rings. The van der Waals surface area contributed by atoms with Crippen molar-refractivity contribution in [2.24, 2.45) is 0 Å². The summed E-state index contributed by atoms with van der Waals surface area (Å²) in [6.45, 7) is 2.81. The van der Waals surface area contributed by atoms with Gasteiger partial charge in [0.05, 0.1) is 5.56 Å². The molecule has 0 aromatic heterocycles. The zero-order valence-electron chi connectivity index (χ0n) is 8.36. The van der Waals surface area contributed by atoms with Crippen molar-refractivity contribution in [3.05, 3.63) is 35.9 Å². The molecule has 0 aliphatic carbocycles. The summed E-state index contributed by atoms with van der Waals surface area (Å²) >= 11 is 0. The van der Waals surface area contributed by atoms with E-state index in [4.69, 9.17) is 5.11 Å². The number of benzene rings is 1. The van der Waals surface area contributed by atoms with Crippen LogP contribution in [0.15, 0.2) is 30.3 Å². The lowest BCUT2D eigenvalue weighted by molar-refractivity contribution is 0.0697. The van der Waals surface area contributed by atoms with E-state index in [2.05, 4.69) is 16.0 Å². The number of aromatic carboxylic acids is 1. The number of carboxylic acids is 1. The minimum Gasteiger partial charge on any atom is -0.478 e. The van der Waals surface area contributed by atoms with Gasteiger partial charge in [-0.25, -0.2) is 4.79 Å². The first-order valence-electron chi connectivity index (χ1n) is 4.71. The molecular weight excluding hydrogens is 194 g/mol. The molecule has 0 amide bonds. The second-order valence-corrected chi connectivity index (χ2v) is 2.95. The predicted molar refractivity (Wildman–Crippen MR) is 57.4 cm³/mol. The molecule has 1 aromatic carbocycles. The maximum atomic E-state index is 10.2. The minimum atomic E-state index is -0.879. The second kappa shape index (κ2) is 6.94. The lowest BCUT2D eigenvalue weighted by Gasteiger charge is -2.13. The fraction of sp³-hybridized carbons (Fsp3) is 0.300. The van der Waals surface area contributed by atoms with E-state index >= 15 is 0 Å². The van der Waals surface area contributed by atoms with Gasteiger partial charge in [0, 0.05) is 20.0 Å². The first-order chi connectivity index (χ1) is 7.30. The van der Waals surface area contributed by atoms with E-state index < -0.39 is 5.97 Å². The van der Waals surface area contributed by atoms with Crippen LogP contribution < -0.4 is 16.0 Å². The van der Waals surface area contributed by atoms with Gasteiger partial charge in [0.25, 0.3) is 0 Å². The van der Waals surface area contributed by atoms with Crippen molar-refractivity contribution >= 4 is 5.97 Å². The summed E-state index contributed by atoms with van der Waals surface area (Å²) in [5.74, 6) is -0.879. The average Bonchev–Trinajstić information content (AvgIpc) is 2.33. The fourth-order valence-electron chi connectivity index (χ4n) is 1.03. The molecule has 1 fully saturated rings. The smallest absolute Gasteiger partial charge is 0.335 e. The summed E-state index contributed by atoms with van der Waals surface area (Å²) in [7, 11) is 0. The van der Waals surface area contributed by atoms with Gasteiger partial charge in [-0.2, -0.15) is 0 Å². The van der Waals surface area contributed by atoms with E-state index in [1.807, 2.05) is 0 Å². The fourth-order valence-corrected chi connectivity index (χ4v) is 1.03. The number of rotatable bonds is 1. The zero-order valence-corrected chi connectivity index (χ0v) is 8.36. The van der Waals surface area contributed by atoms with Crippen molar-refractivity contribution in [2.45, 2.75) is 0 Å². The molecule has 0 saturated carbocycles. The van der Waals surface area contributed by atoms with Gasteiger partial charge in [0.15, 0.2) is 0 Å². The first kappa shape index (κ1) is 11.6. The van der Waals surface area contributed by atoms with E-state index in [1.165, 1.54) is 0 Å². The van der Waals surface area contributed by atoms with Crippen molar-refractivity contribution in [1.29, 1.82) is 0 Å². The third kappa shape index (κ3) is 5.11. The third-order valence-corrected chi connectivity index (χ3v) is 1.77. The Morgan fingerprint density at radius 2 is 1.47 bits per heavy atom. The normalized spacial score (nSPS) is 14.9. The summed E-state index contributed by atoms with van der Waals surface area (Å²) in [5.41, 5.74) is 0.331. The van der Waals surface area contributed by atoms with Crippen molar-refractivity contribution in [1.82, 2.24) is 16.0 Å². The number of carboxylic acid groups (broad SMARTS) is 1. The van der Waals surface area contributed by atoms with Gasteiger partial charge in [-0.3, -0.25) is 16.0 Å². The highest BCUT2D eigenvalue weighted by Gasteiger charge is 1.96. The molecule has 1 aliphatic heterocycles. The highest BCUT2D eigenvalue weighted by molar-refractivity contribution is 5.87. The van der Waals surface area contributed by atoms with Crippen LogP contribution in [-0.2, 0) is 0 Å². The van der Waals surface area contributed by atoms with Crippen molar-refractivity contribution in [3.8, 4) is 0 Å². The molecule has 2 rings (SSSR count). The van der Waals surface area contributed by atoms with E-state index in [-0.39, 0.29) is 0 Å². The van der Waals surface area contributed by atoms with Crippen molar-refractivity contribution in [2.75, 3.05) is 20.0 Å². The summed E-state index contributed by atoms with van der Waals surface area (Å²) < 4.78 is 0. The summed E-state index contributed by atoms with van der Waals surface area (Å²) in [6, 6.07) is 8.30. The lowest BCUT2D eigenvalue weighted by Crippen LogP contribution is -2.47. The summed E-state index contributed by atoms with van der Waals surface area (Å²) in [4.78, 5) is 10.2. The zero-order chi connectivity index (χ0) is 10.9. The van der Waals surface area contributed by atoms with Crippen LogP contribution in [-0.4, -0.2) is 31.1 Å². The monoisotopic (exact) mass is 209 g/mol. The van der Waals surface area contributed by atoms with Crippen molar-refractivity contribution in [3.63, 3.8) is 0 Å². The molecule has 1 aromatic rings. The molecule has 4 N–H and O–H groups in total. The molecule has 0 unspecified atom stereocenters. The van der Waals surface area contributed by atoms with Crippen LogP contribution in [0.1, 0.15) is 10.4 Å². The SMILES string of the molecule is C1NCNCN1.O=C(O)c1ccccc1. The molecule has 1 heterocycles. The number of nitrogens with one attached hydrogen (secondary N) is 3. The standard InChI is InChI=1S/C7H6O2.C3H9N3/c8-7(9)6-4-2-1-3-5-6;1-4-2-6-3-5-1/h1-5H,(H,8,9);4-6H,1-3H2. The molecular formula is C10H15N3O2. The number of hydrogen-bond acceptors (Lipinski definition) is 4. The van der Waals surface area contributed by atoms with Gasteiger partial charge in [0.2, 0.25) is 0 Å². The molecule has 0 bridgehead atoms. The van der Waals surface area contributed by atoms with Crippen LogP contribution in [0.3, 0.4) is 0 Å². The Kier molecular flexibility index (Phi) is 5.39. The van der Waals surface area contributed by atoms with E-state index in [0.717, 1.165) is 20.0 Å². The van der Waals surface area contributed by atoms with E-state index in [9.17, 15) is 4.79 Å². The van der Waals surface area contributed by atoms with Gasteiger partial charge in [-0.1, -0.05) is 18.2 Å². The Labute approximate surface area is 88.5 Å². The molecule has 5 heteroatoms. The molecule has 15 heavy (non-hydrogen) atoms. The predicted octanol–water partition coefficient (Wildman–Crippen LogP) is 0.0261. The lowest BCUT2D eigenvalue weighted by atomic mass is 10.2. The van der Waals surface area contributed by atoms with Gasteiger partial charge < -0.3 is 5.11 Å². The van der Waals surface area contributed by atoms with Crippen LogP contribution in [0.2, 0.25) is 0 Å². The minimum absolute atomic E-state index is 0.331. The van der Waals surface area contributed by atoms with Gasteiger partial charge in [-0.15, -0.1) is 0 Å². The number of hydrogen-bond donors (Lipinski definition) is 4. The highest BCUT2D eigenvalue weighted by atomic mass is 16.4. The van der Waals surface area contributed by atoms with Gasteiger partial charge in [0.1, 0.15) is 0 Å². The highest BCUT2D eigenvalue weighted by Crippen LogP contribution is 1.96. The van der Waals surface area contributed by atoms with Crippen molar-refractivity contribution < 1.29 is 9.90 Å². The molecule has 5 nitrogen and oxygen atoms in total. The summed E-state index contributed by atoms with van der Waals surface area (Å²) in [5, 5.41) is 17.6. The maximum absolute atomic E-state index is 10.2. The second-order valence-electron chi connectivity index (χ2n) is 2.95. The van der Waals surface area contributed by atoms with Crippen LogP contribution >= 0.6 is 0 Å². The molecule has 1 saturated heterocycles. The number of carbonyl (C=O) groups is 1. The topological polar surface area (TPSA) is 73.4 Å². The molecule has 0 radical (unpaired) electrons. The Balaban J connectivity index is 0.000000162. The van der Waals surface area contributed by atoms with Crippen LogP contribution in [0.4, 0.5) is 0 Å². The maximum Gasteiger partial charge on any atom is 0.335 e. The molecule has 82 valence electrons. The Bertz CT molecular complexity index is 274. The van der Waals surface area contributed by atoms with E-state index in [0.29, 0.717) is 5.56 Å². The molecule has 0 atom stereocenters. The van der Waals surface area contributed by atoms with Crippen LogP contribution in [0.5, 0.6) is 0 Å². The third-order valence-electron chi connectivity index (χ3n) is 1.77. The molecule has 0 spiro atoms. The first-order valence-corrected chi connectivity index (χ1v) is 4.71. The van der Waals surface area contributed by atoms with Gasteiger partial charge >= 0.3 is 5.97 Å². The quantitative estimate of drug-likeness (QED) is 0.525. The van der Waals surface area contributed by atoms with E-state index in [1.54, 1.807) is 30.3 Å². The Morgan fingerprint density at radius 3 is 1.73 bits per heavy atom. The largest absolute Gasteiger partial charge is 0.478 e. The Hall–Kier alpha value is -1.43. The Morgan fingerprint density at radius 1 is 1.00 bits per heavy atom.